The standard InChI is InChI=1S/C17H19F3N2O3/c1-12(23)22-10-8-14(9-11-22)21-16(24)7-4-13-2-5-15(6-3-13)25-17(18,19)20/h2-7,14H,8-11H2,1H3,(H,21,24). The molecule has 136 valence electrons. The molecule has 1 heterocycles. The van der Waals surface area contributed by atoms with Gasteiger partial charge in [-0.15, -0.1) is 13.2 Å². The first-order valence-electron chi connectivity index (χ1n) is 7.83. The Hall–Kier alpha value is -2.51. The van der Waals surface area contributed by atoms with Crippen molar-refractivity contribution in [2.75, 3.05) is 13.1 Å². The molecule has 5 nitrogen and oxygen atoms in total. The number of likely N-dealkylation sites (tertiary alicyclic amines) is 1. The third-order valence-electron chi connectivity index (χ3n) is 3.83. The summed E-state index contributed by atoms with van der Waals surface area (Å²) in [6.07, 6.45) is -0.491. The first-order chi connectivity index (χ1) is 11.7. The molecule has 1 aliphatic heterocycles. The summed E-state index contributed by atoms with van der Waals surface area (Å²) in [7, 11) is 0. The van der Waals surface area contributed by atoms with E-state index in [0.717, 1.165) is 0 Å². The van der Waals surface area contributed by atoms with Crippen molar-refractivity contribution in [3.63, 3.8) is 0 Å². The Kier molecular flexibility index (Phi) is 6.06. The van der Waals surface area contributed by atoms with Crippen molar-refractivity contribution in [1.82, 2.24) is 10.2 Å². The van der Waals surface area contributed by atoms with E-state index in [9.17, 15) is 22.8 Å². The number of amides is 2. The smallest absolute Gasteiger partial charge is 0.406 e. The summed E-state index contributed by atoms with van der Waals surface area (Å²) in [6, 6.07) is 5.23. The second kappa shape index (κ2) is 8.04. The number of nitrogens with zero attached hydrogens (tertiary/aromatic N) is 1. The Morgan fingerprint density at radius 2 is 1.80 bits per heavy atom. The molecule has 8 heteroatoms. The van der Waals surface area contributed by atoms with E-state index in [1.54, 1.807) is 4.90 Å². The zero-order valence-electron chi connectivity index (χ0n) is 13.7. The molecule has 0 unspecified atom stereocenters. The predicted octanol–water partition coefficient (Wildman–Crippen LogP) is 2.73. The lowest BCUT2D eigenvalue weighted by Crippen LogP contribution is -2.45. The van der Waals surface area contributed by atoms with Crippen LogP contribution in [0.15, 0.2) is 30.3 Å². The van der Waals surface area contributed by atoms with Gasteiger partial charge in [-0.1, -0.05) is 12.1 Å². The van der Waals surface area contributed by atoms with E-state index in [1.807, 2.05) is 0 Å². The van der Waals surface area contributed by atoms with Crippen LogP contribution in [-0.2, 0) is 9.59 Å². The van der Waals surface area contributed by atoms with Gasteiger partial charge in [0.15, 0.2) is 0 Å². The number of ether oxygens (including phenoxy) is 1. The fourth-order valence-corrected chi connectivity index (χ4v) is 2.54. The quantitative estimate of drug-likeness (QED) is 0.844. The Morgan fingerprint density at radius 1 is 1.20 bits per heavy atom. The molecule has 25 heavy (non-hydrogen) atoms. The van der Waals surface area contributed by atoms with E-state index in [1.165, 1.54) is 43.3 Å². The number of halogens is 3. The average Bonchev–Trinajstić information content (AvgIpc) is 2.53. The number of hydrogen-bond acceptors (Lipinski definition) is 3. The molecule has 0 aromatic heterocycles. The fraction of sp³-hybridized carbons (Fsp3) is 0.412. The Balaban J connectivity index is 1.81. The number of nitrogens with one attached hydrogen (secondary N) is 1. The summed E-state index contributed by atoms with van der Waals surface area (Å²) < 4.78 is 40.0. The predicted molar refractivity (Wildman–Crippen MR) is 85.6 cm³/mol. The lowest BCUT2D eigenvalue weighted by molar-refractivity contribution is -0.274. The van der Waals surface area contributed by atoms with Crippen molar-refractivity contribution in [2.24, 2.45) is 0 Å². The van der Waals surface area contributed by atoms with E-state index in [4.69, 9.17) is 0 Å². The van der Waals surface area contributed by atoms with Crippen molar-refractivity contribution in [2.45, 2.75) is 32.2 Å². The van der Waals surface area contributed by atoms with Crippen molar-refractivity contribution in [3.8, 4) is 5.75 Å². The minimum atomic E-state index is -4.73. The van der Waals surface area contributed by atoms with Crippen LogP contribution in [0.2, 0.25) is 0 Å². The van der Waals surface area contributed by atoms with Gasteiger partial charge in [-0.3, -0.25) is 9.59 Å². The molecule has 1 fully saturated rings. The van der Waals surface area contributed by atoms with Gasteiger partial charge in [-0.05, 0) is 36.6 Å². The van der Waals surface area contributed by atoms with E-state index in [-0.39, 0.29) is 23.6 Å². The van der Waals surface area contributed by atoms with Crippen LogP contribution in [0.1, 0.15) is 25.3 Å². The van der Waals surface area contributed by atoms with E-state index in [2.05, 4.69) is 10.1 Å². The second-order valence-electron chi connectivity index (χ2n) is 5.74. The molecule has 2 amide bonds. The maximum atomic E-state index is 12.1. The molecule has 1 N–H and O–H groups in total. The average molecular weight is 356 g/mol. The number of benzene rings is 1. The Bertz CT molecular complexity index is 634. The summed E-state index contributed by atoms with van der Waals surface area (Å²) in [5, 5.41) is 2.85. The van der Waals surface area contributed by atoms with Crippen molar-refractivity contribution in [1.29, 1.82) is 0 Å². The fourth-order valence-electron chi connectivity index (χ4n) is 2.54. The van der Waals surface area contributed by atoms with Crippen molar-refractivity contribution < 1.29 is 27.5 Å². The first-order valence-corrected chi connectivity index (χ1v) is 7.83. The molecule has 1 saturated heterocycles. The number of hydrogen-bond donors (Lipinski definition) is 1. The van der Waals surface area contributed by atoms with E-state index < -0.39 is 6.36 Å². The Morgan fingerprint density at radius 3 is 2.32 bits per heavy atom. The summed E-state index contributed by atoms with van der Waals surface area (Å²) in [6.45, 7) is 2.75. The monoisotopic (exact) mass is 356 g/mol. The van der Waals surface area contributed by atoms with Gasteiger partial charge < -0.3 is 15.0 Å². The normalized spacial score (nSPS) is 16.1. The number of carbonyl (C=O) groups excluding carboxylic acids is 2. The largest absolute Gasteiger partial charge is 0.573 e. The number of alkyl halides is 3. The SMILES string of the molecule is CC(=O)N1CCC(NC(=O)C=Cc2ccc(OC(F)(F)F)cc2)CC1. The molecular formula is C17H19F3N2O3. The van der Waals surface area contributed by atoms with Crippen molar-refractivity contribution in [3.05, 3.63) is 35.9 Å². The second-order valence-corrected chi connectivity index (χ2v) is 5.74. The van der Waals surface area contributed by atoms with Crippen LogP contribution in [-0.4, -0.2) is 42.2 Å². The zero-order valence-corrected chi connectivity index (χ0v) is 13.7. The van der Waals surface area contributed by atoms with E-state index >= 15 is 0 Å². The molecule has 0 spiro atoms. The van der Waals surface area contributed by atoms with Crippen molar-refractivity contribution >= 4 is 17.9 Å². The summed E-state index contributed by atoms with van der Waals surface area (Å²) >= 11 is 0. The maximum absolute atomic E-state index is 12.1. The maximum Gasteiger partial charge on any atom is 0.573 e. The van der Waals surface area contributed by atoms with Gasteiger partial charge in [-0.2, -0.15) is 0 Å². The summed E-state index contributed by atoms with van der Waals surface area (Å²) in [5.41, 5.74) is 0.580. The van der Waals surface area contributed by atoms with Crippen LogP contribution in [0.25, 0.3) is 6.08 Å². The lowest BCUT2D eigenvalue weighted by atomic mass is 10.0. The molecule has 1 aromatic carbocycles. The molecule has 2 rings (SSSR count). The molecule has 0 aliphatic carbocycles. The van der Waals surface area contributed by atoms with Crippen LogP contribution >= 0.6 is 0 Å². The third-order valence-corrected chi connectivity index (χ3v) is 3.83. The van der Waals surface area contributed by atoms with Crippen LogP contribution in [0.4, 0.5) is 13.2 Å². The van der Waals surface area contributed by atoms with E-state index in [0.29, 0.717) is 31.5 Å². The summed E-state index contributed by atoms with van der Waals surface area (Å²) in [5.74, 6) is -0.564. The zero-order chi connectivity index (χ0) is 18.4. The highest BCUT2D eigenvalue weighted by atomic mass is 19.4. The van der Waals surface area contributed by atoms with Crippen LogP contribution in [0, 0.1) is 0 Å². The first kappa shape index (κ1) is 18.8. The highest BCUT2D eigenvalue weighted by molar-refractivity contribution is 5.91. The molecular weight excluding hydrogens is 337 g/mol. The molecule has 0 radical (unpaired) electrons. The molecule has 0 bridgehead atoms. The van der Waals surface area contributed by atoms with Gasteiger partial charge in [0.2, 0.25) is 11.8 Å². The summed E-state index contributed by atoms with van der Waals surface area (Å²) in [4.78, 5) is 24.9. The molecule has 1 aliphatic rings. The minimum absolute atomic E-state index is 0.00955. The van der Waals surface area contributed by atoms with Crippen LogP contribution in [0.3, 0.4) is 0 Å². The topological polar surface area (TPSA) is 58.6 Å². The molecule has 1 aromatic rings. The van der Waals surface area contributed by atoms with Crippen LogP contribution < -0.4 is 10.1 Å². The van der Waals surface area contributed by atoms with Gasteiger partial charge in [0.1, 0.15) is 5.75 Å². The van der Waals surface area contributed by atoms with Gasteiger partial charge in [-0.25, -0.2) is 0 Å². The Labute approximate surface area is 143 Å². The highest BCUT2D eigenvalue weighted by Gasteiger charge is 2.30. The van der Waals surface area contributed by atoms with Gasteiger partial charge in [0.05, 0.1) is 0 Å². The minimum Gasteiger partial charge on any atom is -0.406 e. The number of rotatable bonds is 4. The third kappa shape index (κ3) is 6.48. The lowest BCUT2D eigenvalue weighted by Gasteiger charge is -2.31. The molecule has 0 saturated carbocycles. The number of piperidine rings is 1. The highest BCUT2D eigenvalue weighted by Crippen LogP contribution is 2.23. The van der Waals surface area contributed by atoms with Gasteiger partial charge in [0, 0.05) is 32.1 Å². The molecule has 0 atom stereocenters. The number of carbonyl (C=O) groups is 2. The van der Waals surface area contributed by atoms with Gasteiger partial charge in [0.25, 0.3) is 0 Å². The van der Waals surface area contributed by atoms with Crippen LogP contribution in [0.5, 0.6) is 5.75 Å². The van der Waals surface area contributed by atoms with Gasteiger partial charge >= 0.3 is 6.36 Å².